The smallest absolute Gasteiger partial charge is 0.0289 e. The van der Waals surface area contributed by atoms with Crippen LogP contribution in [-0.2, 0) is 10.8 Å². The summed E-state index contributed by atoms with van der Waals surface area (Å²) >= 11 is -0.141. The fourth-order valence-electron chi connectivity index (χ4n) is 14.4. The second-order valence-electron chi connectivity index (χ2n) is 24.1. The third kappa shape index (κ3) is 12.6. The molecular formula is C76H92N2Se. The van der Waals surface area contributed by atoms with Gasteiger partial charge in [-0.05, 0) is 52.3 Å². The van der Waals surface area contributed by atoms with Crippen molar-refractivity contribution >= 4 is 26.0 Å². The topological polar surface area (TPSA) is 25.8 Å². The summed E-state index contributed by atoms with van der Waals surface area (Å²) in [6.07, 6.45) is 36.4. The molecule has 7 aromatic carbocycles. The molecule has 2 nitrogen and oxygen atoms in total. The van der Waals surface area contributed by atoms with E-state index in [1.54, 1.807) is 22.3 Å². The molecule has 79 heavy (non-hydrogen) atoms. The fraction of sp³-hybridized carbons (Fsp3) is 0.447. The van der Waals surface area contributed by atoms with E-state index < -0.39 is 0 Å². The SMILES string of the molecule is CCCCCCCCC1(CCCCCCCC)c2cc(-c3ccccc3)ccc2-c2ccc(-c3ccc4c(c3)C(CCCCCCCC)(CCCCCCCC)c3cc(-c5ccc(-c6ccccc6)c6n[se]nc56)ccc3-4)cc21. The summed E-state index contributed by atoms with van der Waals surface area (Å²) in [6.45, 7) is 9.38. The Morgan fingerprint density at radius 2 is 0.544 bits per heavy atom. The zero-order valence-corrected chi connectivity index (χ0v) is 50.7. The quantitative estimate of drug-likeness (QED) is 0.0310. The number of fused-ring (bicyclic) bond motifs is 7. The van der Waals surface area contributed by atoms with Crippen LogP contribution in [0.15, 0.2) is 146 Å². The van der Waals surface area contributed by atoms with E-state index in [1.165, 1.54) is 247 Å². The Balaban J connectivity index is 1.08. The predicted octanol–water partition coefficient (Wildman–Crippen LogP) is 22.9. The minimum atomic E-state index is -0.141. The zero-order valence-electron chi connectivity index (χ0n) is 49.0. The van der Waals surface area contributed by atoms with Crippen molar-refractivity contribution in [1.29, 1.82) is 0 Å². The molecule has 0 radical (unpaired) electrons. The molecule has 0 atom stereocenters. The number of aromatic nitrogens is 2. The van der Waals surface area contributed by atoms with Gasteiger partial charge in [-0.15, -0.1) is 0 Å². The van der Waals surface area contributed by atoms with Crippen molar-refractivity contribution in [1.82, 2.24) is 7.96 Å². The number of unbranched alkanes of at least 4 members (excludes halogenated alkanes) is 20. The maximum atomic E-state index is 5.17. The van der Waals surface area contributed by atoms with E-state index in [1.807, 2.05) is 0 Å². The average Bonchev–Trinajstić information content (AvgIpc) is 3.73. The van der Waals surface area contributed by atoms with E-state index in [0.29, 0.717) is 0 Å². The summed E-state index contributed by atoms with van der Waals surface area (Å²) in [5, 5.41) is 0. The molecule has 1 heterocycles. The van der Waals surface area contributed by atoms with E-state index in [9.17, 15) is 0 Å². The molecule has 2 aliphatic carbocycles. The van der Waals surface area contributed by atoms with E-state index in [0.717, 1.165) is 11.0 Å². The molecule has 1 aromatic heterocycles. The molecule has 0 saturated carbocycles. The van der Waals surface area contributed by atoms with Gasteiger partial charge in [0, 0.05) is 5.41 Å². The molecule has 0 amide bonds. The Morgan fingerprint density at radius 1 is 0.266 bits per heavy atom. The molecule has 412 valence electrons. The molecule has 3 heteroatoms. The van der Waals surface area contributed by atoms with Crippen LogP contribution >= 0.6 is 0 Å². The Kier molecular flexibility index (Phi) is 20.1. The van der Waals surface area contributed by atoms with Gasteiger partial charge in [0.1, 0.15) is 0 Å². The average molecular weight is 1110 g/mol. The van der Waals surface area contributed by atoms with Crippen LogP contribution < -0.4 is 0 Å². The van der Waals surface area contributed by atoms with Gasteiger partial charge in [0.05, 0.1) is 0 Å². The van der Waals surface area contributed by atoms with Crippen LogP contribution in [0.1, 0.15) is 230 Å². The van der Waals surface area contributed by atoms with Gasteiger partial charge in [-0.3, -0.25) is 0 Å². The first-order valence-corrected chi connectivity index (χ1v) is 33.5. The number of hydrogen-bond donors (Lipinski definition) is 0. The predicted molar refractivity (Wildman–Crippen MR) is 343 cm³/mol. The Hall–Kier alpha value is -5.34. The third-order valence-corrected chi connectivity index (χ3v) is 19.9. The maximum absolute atomic E-state index is 5.17. The van der Waals surface area contributed by atoms with Gasteiger partial charge in [-0.25, -0.2) is 0 Å². The Bertz CT molecular complexity index is 3160. The fourth-order valence-corrected chi connectivity index (χ4v) is 15.6. The Morgan fingerprint density at radius 3 is 0.911 bits per heavy atom. The molecule has 0 fully saturated rings. The first kappa shape index (κ1) is 56.9. The third-order valence-electron chi connectivity index (χ3n) is 18.8. The second-order valence-corrected chi connectivity index (χ2v) is 25.2. The van der Waals surface area contributed by atoms with Crippen LogP contribution in [0.5, 0.6) is 0 Å². The standard InChI is InChI=1S/C76H92N2Se/c1-5-9-13-17-21-31-49-75(50-32-22-18-14-10-6-2)69-53-59(57-35-27-25-28-36-57)39-43-65(69)66-44-40-60(54-70(66)75)61-41-45-67-68-46-42-62(64-48-47-63(58-37-29-26-30-38-58)73-74(64)78-79-77-73)56-72(68)76(71(67)55-61,51-33-23-19-15-11-7-3)52-34-24-20-16-12-8-4/h25-30,35-48,53-56H,5-24,31-34,49-52H2,1-4H3. The van der Waals surface area contributed by atoms with Gasteiger partial charge in [0.15, 0.2) is 0 Å². The normalized spacial score (nSPS) is 13.7. The van der Waals surface area contributed by atoms with Gasteiger partial charge < -0.3 is 0 Å². The van der Waals surface area contributed by atoms with E-state index >= 15 is 0 Å². The van der Waals surface area contributed by atoms with Crippen molar-refractivity contribution in [2.45, 2.75) is 218 Å². The molecule has 10 rings (SSSR count). The van der Waals surface area contributed by atoms with Crippen LogP contribution in [0.4, 0.5) is 0 Å². The molecule has 2 aliphatic rings. The number of benzene rings is 7. The molecule has 0 N–H and O–H groups in total. The van der Waals surface area contributed by atoms with E-state index in [-0.39, 0.29) is 25.8 Å². The molecule has 0 saturated heterocycles. The summed E-state index contributed by atoms with van der Waals surface area (Å²) in [5.41, 5.74) is 24.6. The summed E-state index contributed by atoms with van der Waals surface area (Å²) in [5.74, 6) is 0. The first-order chi connectivity index (χ1) is 39.0. The van der Waals surface area contributed by atoms with Crippen LogP contribution in [0.3, 0.4) is 0 Å². The van der Waals surface area contributed by atoms with Crippen LogP contribution in [0, 0.1) is 0 Å². The molecule has 0 unspecified atom stereocenters. The van der Waals surface area contributed by atoms with Crippen LogP contribution in [0.2, 0.25) is 0 Å². The van der Waals surface area contributed by atoms with Gasteiger partial charge in [0.25, 0.3) is 0 Å². The number of hydrogen-bond acceptors (Lipinski definition) is 2. The molecular weight excluding hydrogens is 1020 g/mol. The van der Waals surface area contributed by atoms with Crippen LogP contribution in [0.25, 0.3) is 77.8 Å². The minimum Gasteiger partial charge on any atom is -0.0289 e. The molecule has 0 aliphatic heterocycles. The van der Waals surface area contributed by atoms with Crippen molar-refractivity contribution in [3.8, 4) is 66.8 Å². The molecule has 0 spiro atoms. The monoisotopic (exact) mass is 1110 g/mol. The van der Waals surface area contributed by atoms with Gasteiger partial charge in [-0.2, -0.15) is 0 Å². The second kappa shape index (κ2) is 27.9. The summed E-state index contributed by atoms with van der Waals surface area (Å²) in [7, 11) is 0. The first-order valence-electron chi connectivity index (χ1n) is 32.0. The van der Waals surface area contributed by atoms with Gasteiger partial charge in [-0.1, -0.05) is 179 Å². The van der Waals surface area contributed by atoms with Crippen LogP contribution in [-0.4, -0.2) is 22.9 Å². The van der Waals surface area contributed by atoms with E-state index in [2.05, 4.69) is 173 Å². The van der Waals surface area contributed by atoms with Gasteiger partial charge in [0.2, 0.25) is 0 Å². The van der Waals surface area contributed by atoms with Gasteiger partial charge >= 0.3 is 250 Å². The number of nitrogens with zero attached hydrogens (tertiary/aromatic N) is 2. The minimum absolute atomic E-state index is 0.0101. The van der Waals surface area contributed by atoms with Crippen molar-refractivity contribution in [3.63, 3.8) is 0 Å². The van der Waals surface area contributed by atoms with E-state index in [4.69, 9.17) is 7.96 Å². The summed E-state index contributed by atoms with van der Waals surface area (Å²) < 4.78 is 10.3. The van der Waals surface area contributed by atoms with Crippen molar-refractivity contribution in [3.05, 3.63) is 168 Å². The molecule has 0 bridgehead atoms. The number of rotatable bonds is 32. The molecule has 8 aromatic rings. The van der Waals surface area contributed by atoms with Crippen molar-refractivity contribution in [2.75, 3.05) is 0 Å². The zero-order chi connectivity index (χ0) is 54.3. The summed E-state index contributed by atoms with van der Waals surface area (Å²) in [6, 6.07) is 57.2. The van der Waals surface area contributed by atoms with Crippen molar-refractivity contribution < 1.29 is 0 Å². The summed E-state index contributed by atoms with van der Waals surface area (Å²) in [4.78, 5) is 0. The Labute approximate surface area is 483 Å². The van der Waals surface area contributed by atoms with Crippen molar-refractivity contribution in [2.24, 2.45) is 0 Å².